The Bertz CT molecular complexity index is 1400. The van der Waals surface area contributed by atoms with Crippen LogP contribution in [0.25, 0.3) is 10.9 Å². The molecule has 0 saturated heterocycles. The number of carboxylic acids is 1. The molecule has 3 aromatic rings. The van der Waals surface area contributed by atoms with Crippen LogP contribution in [0.2, 0.25) is 0 Å². The summed E-state index contributed by atoms with van der Waals surface area (Å²) in [6.07, 6.45) is 3.34. The maximum atomic E-state index is 13.6. The van der Waals surface area contributed by atoms with Crippen LogP contribution in [0, 0.1) is 0 Å². The van der Waals surface area contributed by atoms with E-state index in [1.54, 1.807) is 12.5 Å². The number of primary amides is 1. The molecule has 3 rings (SSSR count). The number of benzene rings is 2. The first kappa shape index (κ1) is 32.2. The van der Waals surface area contributed by atoms with E-state index in [1.807, 2.05) is 54.6 Å². The van der Waals surface area contributed by atoms with Crippen LogP contribution in [0.1, 0.15) is 24.0 Å². The number of thioether (sulfide) groups is 1. The molecule has 4 atom stereocenters. The van der Waals surface area contributed by atoms with E-state index in [0.717, 1.165) is 22.0 Å². The Morgan fingerprint density at radius 1 is 0.857 bits per heavy atom. The lowest BCUT2D eigenvalue weighted by Crippen LogP contribution is -2.58. The van der Waals surface area contributed by atoms with Gasteiger partial charge in [0.2, 0.25) is 23.6 Å². The number of aromatic amines is 1. The van der Waals surface area contributed by atoms with Crippen LogP contribution in [0.15, 0.2) is 60.8 Å². The quantitative estimate of drug-likeness (QED) is 0.123. The third-order valence-electron chi connectivity index (χ3n) is 6.63. The zero-order valence-corrected chi connectivity index (χ0v) is 24.0. The molecule has 1 heterocycles. The fourth-order valence-electron chi connectivity index (χ4n) is 4.42. The number of rotatable bonds is 16. The molecule has 2 aromatic carbocycles. The van der Waals surface area contributed by atoms with Gasteiger partial charge in [-0.15, -0.1) is 0 Å². The second-order valence-corrected chi connectivity index (χ2v) is 10.8. The normalized spacial score (nSPS) is 13.9. The number of carboxylic acid groups (broad SMARTS) is 1. The molecule has 4 unspecified atom stereocenters. The number of aromatic nitrogens is 1. The molecular weight excluding hydrogens is 560 g/mol. The first-order valence-electron chi connectivity index (χ1n) is 13.3. The van der Waals surface area contributed by atoms with Crippen molar-refractivity contribution in [3.8, 4) is 0 Å². The Labute approximate surface area is 247 Å². The van der Waals surface area contributed by atoms with Gasteiger partial charge in [-0.05, 0) is 42.0 Å². The SMILES string of the molecule is CSCCC(NC(=O)C(CC(N)=O)NC(=O)C(Cc1c[nH]c2ccccc12)NC(=O)C(N)Cc1ccccc1)C(=O)O. The topological polar surface area (TPSA) is 209 Å². The highest BCUT2D eigenvalue weighted by Gasteiger charge is 2.31. The smallest absolute Gasteiger partial charge is 0.326 e. The van der Waals surface area contributed by atoms with E-state index in [0.29, 0.717) is 5.75 Å². The number of fused-ring (bicyclic) bond motifs is 1. The highest BCUT2D eigenvalue weighted by molar-refractivity contribution is 7.98. The van der Waals surface area contributed by atoms with Crippen LogP contribution in [-0.4, -0.2) is 75.9 Å². The van der Waals surface area contributed by atoms with Crippen molar-refractivity contribution in [2.24, 2.45) is 11.5 Å². The van der Waals surface area contributed by atoms with Gasteiger partial charge in [0.1, 0.15) is 18.1 Å². The first-order chi connectivity index (χ1) is 20.1. The van der Waals surface area contributed by atoms with Crippen molar-refractivity contribution >= 4 is 52.3 Å². The fourth-order valence-corrected chi connectivity index (χ4v) is 4.89. The summed E-state index contributed by atoms with van der Waals surface area (Å²) >= 11 is 1.41. The molecule has 0 fully saturated rings. The second kappa shape index (κ2) is 15.6. The molecule has 13 heteroatoms. The van der Waals surface area contributed by atoms with Crippen molar-refractivity contribution < 1.29 is 29.1 Å². The zero-order valence-electron chi connectivity index (χ0n) is 23.2. The number of para-hydroxylation sites is 1. The van der Waals surface area contributed by atoms with E-state index in [2.05, 4.69) is 20.9 Å². The van der Waals surface area contributed by atoms with Gasteiger partial charge in [0.15, 0.2) is 0 Å². The molecule has 0 bridgehead atoms. The van der Waals surface area contributed by atoms with Gasteiger partial charge in [-0.1, -0.05) is 48.5 Å². The Balaban J connectivity index is 1.82. The molecule has 4 amide bonds. The van der Waals surface area contributed by atoms with Crippen LogP contribution in [0.4, 0.5) is 0 Å². The second-order valence-electron chi connectivity index (χ2n) is 9.83. The molecule has 9 N–H and O–H groups in total. The Morgan fingerprint density at radius 3 is 2.14 bits per heavy atom. The summed E-state index contributed by atoms with van der Waals surface area (Å²) in [5, 5.41) is 17.9. The first-order valence-corrected chi connectivity index (χ1v) is 14.7. The van der Waals surface area contributed by atoms with Crippen LogP contribution in [0.3, 0.4) is 0 Å². The maximum Gasteiger partial charge on any atom is 0.326 e. The van der Waals surface area contributed by atoms with Crippen molar-refractivity contribution in [3.63, 3.8) is 0 Å². The van der Waals surface area contributed by atoms with Crippen molar-refractivity contribution in [2.45, 2.75) is 49.9 Å². The Morgan fingerprint density at radius 2 is 1.48 bits per heavy atom. The average molecular weight is 597 g/mol. The third-order valence-corrected chi connectivity index (χ3v) is 7.27. The summed E-state index contributed by atoms with van der Waals surface area (Å²) in [5.74, 6) is -3.90. The largest absolute Gasteiger partial charge is 0.480 e. The number of hydrogen-bond acceptors (Lipinski definition) is 7. The molecule has 0 aliphatic heterocycles. The highest BCUT2D eigenvalue weighted by Crippen LogP contribution is 2.19. The van der Waals surface area contributed by atoms with E-state index in [1.165, 1.54) is 11.8 Å². The summed E-state index contributed by atoms with van der Waals surface area (Å²) in [6, 6.07) is 11.7. The van der Waals surface area contributed by atoms with E-state index in [-0.39, 0.29) is 19.3 Å². The summed E-state index contributed by atoms with van der Waals surface area (Å²) in [6.45, 7) is 0. The summed E-state index contributed by atoms with van der Waals surface area (Å²) in [5.41, 5.74) is 13.9. The minimum Gasteiger partial charge on any atom is -0.480 e. The maximum absolute atomic E-state index is 13.6. The molecule has 0 saturated carbocycles. The lowest BCUT2D eigenvalue weighted by Gasteiger charge is -2.25. The molecule has 0 aliphatic carbocycles. The van der Waals surface area contributed by atoms with Gasteiger partial charge >= 0.3 is 5.97 Å². The molecule has 0 spiro atoms. The van der Waals surface area contributed by atoms with Gasteiger partial charge in [-0.25, -0.2) is 4.79 Å². The van der Waals surface area contributed by atoms with Gasteiger partial charge in [0.25, 0.3) is 0 Å². The van der Waals surface area contributed by atoms with E-state index in [9.17, 15) is 29.1 Å². The number of hydrogen-bond donors (Lipinski definition) is 7. The standard InChI is InChI=1S/C29H36N6O6S/c1-42-12-11-22(29(40)41)33-28(39)24(15-25(31)36)35-27(38)23(14-18-16-32-21-10-6-5-9-19(18)21)34-26(37)20(30)13-17-7-3-2-4-8-17/h2-10,16,20,22-24,32H,11-15,30H2,1H3,(H2,31,36)(H,33,39)(H,34,37)(H,35,38)(H,40,41). The molecule has 42 heavy (non-hydrogen) atoms. The van der Waals surface area contributed by atoms with Crippen LogP contribution >= 0.6 is 11.8 Å². The monoisotopic (exact) mass is 596 g/mol. The number of amides is 4. The van der Waals surface area contributed by atoms with E-state index in [4.69, 9.17) is 11.5 Å². The molecule has 0 aliphatic rings. The number of nitrogens with one attached hydrogen (secondary N) is 4. The van der Waals surface area contributed by atoms with Gasteiger partial charge in [-0.2, -0.15) is 11.8 Å². The van der Waals surface area contributed by atoms with Crippen molar-refractivity contribution in [1.82, 2.24) is 20.9 Å². The van der Waals surface area contributed by atoms with Crippen LogP contribution < -0.4 is 27.4 Å². The average Bonchev–Trinajstić information content (AvgIpc) is 3.37. The van der Waals surface area contributed by atoms with Gasteiger partial charge in [-0.3, -0.25) is 19.2 Å². The predicted molar refractivity (Wildman–Crippen MR) is 160 cm³/mol. The number of carbonyl (C=O) groups excluding carboxylic acids is 4. The van der Waals surface area contributed by atoms with Crippen molar-refractivity contribution in [2.75, 3.05) is 12.0 Å². The van der Waals surface area contributed by atoms with Crippen LogP contribution in [0.5, 0.6) is 0 Å². The third kappa shape index (κ3) is 9.35. The number of aliphatic carboxylic acids is 1. The number of H-pyrrole nitrogens is 1. The van der Waals surface area contributed by atoms with E-state index < -0.39 is 60.2 Å². The lowest BCUT2D eigenvalue weighted by molar-refractivity contribution is -0.142. The highest BCUT2D eigenvalue weighted by atomic mass is 32.2. The predicted octanol–water partition coefficient (Wildman–Crippen LogP) is 0.448. The molecule has 1 aromatic heterocycles. The molecule has 224 valence electrons. The van der Waals surface area contributed by atoms with E-state index >= 15 is 0 Å². The minimum absolute atomic E-state index is 0.0377. The van der Waals surface area contributed by atoms with Gasteiger partial charge in [0.05, 0.1) is 12.5 Å². The minimum atomic E-state index is -1.47. The molecule has 12 nitrogen and oxygen atoms in total. The zero-order chi connectivity index (χ0) is 30.6. The molecular formula is C29H36N6O6S. The fraction of sp³-hybridized carbons (Fsp3) is 0.345. The molecule has 0 radical (unpaired) electrons. The summed E-state index contributed by atoms with van der Waals surface area (Å²) < 4.78 is 0. The Kier molecular flexibility index (Phi) is 11.9. The van der Waals surface area contributed by atoms with Gasteiger partial charge < -0.3 is 37.5 Å². The summed E-state index contributed by atoms with van der Waals surface area (Å²) in [7, 11) is 0. The van der Waals surface area contributed by atoms with Crippen LogP contribution in [-0.2, 0) is 36.8 Å². The number of carbonyl (C=O) groups is 5. The Hall–Kier alpha value is -4.36. The summed E-state index contributed by atoms with van der Waals surface area (Å²) in [4.78, 5) is 66.3. The lowest BCUT2D eigenvalue weighted by atomic mass is 10.0. The van der Waals surface area contributed by atoms with Crippen molar-refractivity contribution in [3.05, 3.63) is 71.9 Å². The van der Waals surface area contributed by atoms with Crippen molar-refractivity contribution in [1.29, 1.82) is 0 Å². The van der Waals surface area contributed by atoms with Gasteiger partial charge in [0, 0.05) is 23.5 Å². The number of nitrogens with two attached hydrogens (primary N) is 2.